The first-order chi connectivity index (χ1) is 12.0. The van der Waals surface area contributed by atoms with E-state index in [1.54, 1.807) is 18.4 Å². The summed E-state index contributed by atoms with van der Waals surface area (Å²) in [4.78, 5) is 24.9. The van der Waals surface area contributed by atoms with Gasteiger partial charge in [0.2, 0.25) is 11.8 Å². The average Bonchev–Trinajstić information content (AvgIpc) is 3.24. The van der Waals surface area contributed by atoms with Gasteiger partial charge in [0.25, 0.3) is 0 Å². The molecule has 4 fully saturated rings. The summed E-state index contributed by atoms with van der Waals surface area (Å²) in [5, 5.41) is 13.2. The molecule has 136 valence electrons. The molecule has 2 amide bonds. The second kappa shape index (κ2) is 6.07. The smallest absolute Gasteiger partial charge is 0.229 e. The van der Waals surface area contributed by atoms with Crippen LogP contribution in [0.1, 0.15) is 31.2 Å². The number of carbonyl (C=O) groups excluding carboxylic acids is 2. The van der Waals surface area contributed by atoms with Gasteiger partial charge in [0.1, 0.15) is 0 Å². The van der Waals surface area contributed by atoms with E-state index in [4.69, 9.17) is 4.74 Å². The number of rotatable bonds is 5. The second-order valence-corrected chi connectivity index (χ2v) is 8.41. The highest BCUT2D eigenvalue weighted by molar-refractivity contribution is 7.08. The third-order valence-corrected chi connectivity index (χ3v) is 6.89. The Bertz CT molecular complexity index is 661. The van der Waals surface area contributed by atoms with E-state index in [-0.39, 0.29) is 23.0 Å². The Morgan fingerprint density at radius 1 is 1.32 bits per heavy atom. The predicted molar refractivity (Wildman–Crippen MR) is 95.4 cm³/mol. The van der Waals surface area contributed by atoms with E-state index >= 15 is 0 Å². The van der Waals surface area contributed by atoms with Crippen LogP contribution >= 0.6 is 11.3 Å². The van der Waals surface area contributed by atoms with Gasteiger partial charge in [-0.1, -0.05) is 0 Å². The van der Waals surface area contributed by atoms with Crippen molar-refractivity contribution in [3.8, 4) is 0 Å². The molecular weight excluding hydrogens is 338 g/mol. The summed E-state index contributed by atoms with van der Waals surface area (Å²) < 4.78 is 6.55. The van der Waals surface area contributed by atoms with Gasteiger partial charge in [0.05, 0.1) is 23.0 Å². The van der Waals surface area contributed by atoms with Crippen LogP contribution < -0.4 is 16.0 Å². The van der Waals surface area contributed by atoms with Crippen molar-refractivity contribution in [1.82, 2.24) is 16.0 Å². The number of carbonyl (C=O) groups is 2. The fourth-order valence-corrected chi connectivity index (χ4v) is 5.70. The van der Waals surface area contributed by atoms with Crippen LogP contribution in [0.25, 0.3) is 0 Å². The van der Waals surface area contributed by atoms with Crippen LogP contribution in [0.3, 0.4) is 0 Å². The predicted octanol–water partition coefficient (Wildman–Crippen LogP) is 0.824. The van der Waals surface area contributed by atoms with Crippen molar-refractivity contribution >= 4 is 23.2 Å². The number of nitrogens with one attached hydrogen (secondary N) is 3. The number of hydrogen-bond acceptors (Lipinski definition) is 5. The van der Waals surface area contributed by atoms with Crippen molar-refractivity contribution < 1.29 is 14.3 Å². The lowest BCUT2D eigenvalue weighted by Crippen LogP contribution is -2.61. The molecule has 6 nitrogen and oxygen atoms in total. The Morgan fingerprint density at radius 3 is 2.72 bits per heavy atom. The minimum Gasteiger partial charge on any atom is -0.365 e. The quantitative estimate of drug-likeness (QED) is 0.724. The summed E-state index contributed by atoms with van der Waals surface area (Å²) in [5.74, 6) is 0.104. The Morgan fingerprint density at radius 2 is 2.08 bits per heavy atom. The van der Waals surface area contributed by atoms with E-state index in [1.165, 1.54) is 0 Å². The summed E-state index contributed by atoms with van der Waals surface area (Å²) in [5.41, 5.74) is -0.150. The zero-order valence-electron chi connectivity index (χ0n) is 14.5. The Balaban J connectivity index is 1.43. The van der Waals surface area contributed by atoms with Crippen molar-refractivity contribution in [1.29, 1.82) is 0 Å². The van der Waals surface area contributed by atoms with Gasteiger partial charge in [0, 0.05) is 13.6 Å². The lowest BCUT2D eigenvalue weighted by molar-refractivity contribution is -0.140. The minimum absolute atomic E-state index is 0.0140. The first-order valence-electron chi connectivity index (χ1n) is 8.94. The Labute approximate surface area is 151 Å². The van der Waals surface area contributed by atoms with E-state index in [1.807, 2.05) is 16.8 Å². The molecule has 4 heterocycles. The van der Waals surface area contributed by atoms with E-state index in [9.17, 15) is 9.59 Å². The van der Waals surface area contributed by atoms with Crippen LogP contribution in [-0.2, 0) is 20.7 Å². The zero-order chi connectivity index (χ0) is 17.5. The Kier molecular flexibility index (Phi) is 4.13. The highest BCUT2D eigenvalue weighted by atomic mass is 32.1. The number of piperidine rings is 1. The second-order valence-electron chi connectivity index (χ2n) is 7.63. The molecule has 7 heteroatoms. The Hall–Kier alpha value is -1.44. The average molecular weight is 363 g/mol. The van der Waals surface area contributed by atoms with Gasteiger partial charge < -0.3 is 20.7 Å². The molecule has 0 atom stereocenters. The molecule has 0 aromatic carbocycles. The number of ether oxygens (including phenoxy) is 1. The van der Waals surface area contributed by atoms with Gasteiger partial charge in [-0.05, 0) is 61.2 Å². The normalized spacial score (nSPS) is 32.2. The highest BCUT2D eigenvalue weighted by Crippen LogP contribution is 2.68. The fraction of sp³-hybridized carbons (Fsp3) is 0.667. The molecule has 0 radical (unpaired) electrons. The lowest BCUT2D eigenvalue weighted by atomic mass is 9.53. The van der Waals surface area contributed by atoms with Gasteiger partial charge in [-0.25, -0.2) is 0 Å². The van der Waals surface area contributed by atoms with Gasteiger partial charge in [-0.15, -0.1) is 0 Å². The molecule has 25 heavy (non-hydrogen) atoms. The molecule has 1 aromatic heterocycles. The summed E-state index contributed by atoms with van der Waals surface area (Å²) in [6.07, 6.45) is 3.52. The third-order valence-electron chi connectivity index (χ3n) is 6.16. The number of thiophene rings is 1. The van der Waals surface area contributed by atoms with Gasteiger partial charge >= 0.3 is 0 Å². The van der Waals surface area contributed by atoms with Crippen molar-refractivity contribution in [2.75, 3.05) is 26.7 Å². The molecule has 4 aliphatic rings. The van der Waals surface area contributed by atoms with Crippen molar-refractivity contribution in [3.05, 3.63) is 22.4 Å². The van der Waals surface area contributed by atoms with Crippen molar-refractivity contribution in [2.24, 2.45) is 5.41 Å². The monoisotopic (exact) mass is 363 g/mol. The maximum atomic E-state index is 12.6. The van der Waals surface area contributed by atoms with Crippen LogP contribution in [0.5, 0.6) is 0 Å². The van der Waals surface area contributed by atoms with E-state index < -0.39 is 5.41 Å². The maximum absolute atomic E-state index is 12.6. The molecule has 3 saturated heterocycles. The molecule has 2 bridgehead atoms. The SMILES string of the molecule is CNC(=O)C12CC(CNC(=O)Cc3ccsc3)(C1)OC21CCNCC1. The molecule has 5 rings (SSSR count). The minimum atomic E-state index is -0.429. The van der Waals surface area contributed by atoms with Crippen LogP contribution in [0, 0.1) is 5.41 Å². The summed E-state index contributed by atoms with van der Waals surface area (Å²) in [6.45, 7) is 2.24. The van der Waals surface area contributed by atoms with Crippen molar-refractivity contribution in [2.45, 2.75) is 43.3 Å². The van der Waals surface area contributed by atoms with Crippen molar-refractivity contribution in [3.63, 3.8) is 0 Å². The standard InChI is InChI=1S/C18H25N3O3S/c1-19-15(23)17-10-16(11-17,24-18(17)3-5-20-6-4-18)12-21-14(22)8-13-2-7-25-9-13/h2,7,9,20H,3-6,8,10-12H2,1H3,(H,19,23)(H,21,22). The molecule has 3 N–H and O–H groups in total. The van der Waals surface area contributed by atoms with Crippen LogP contribution in [0.4, 0.5) is 0 Å². The molecule has 3 aliphatic heterocycles. The topological polar surface area (TPSA) is 79.5 Å². The van der Waals surface area contributed by atoms with Crippen LogP contribution in [0.2, 0.25) is 0 Å². The van der Waals surface area contributed by atoms with Crippen LogP contribution in [-0.4, -0.2) is 49.7 Å². The highest BCUT2D eigenvalue weighted by Gasteiger charge is 2.77. The van der Waals surface area contributed by atoms with Crippen LogP contribution in [0.15, 0.2) is 16.8 Å². The maximum Gasteiger partial charge on any atom is 0.229 e. The zero-order valence-corrected chi connectivity index (χ0v) is 15.3. The van der Waals surface area contributed by atoms with E-state index in [0.29, 0.717) is 25.8 Å². The molecule has 1 spiro atoms. The third kappa shape index (κ3) is 2.60. The van der Waals surface area contributed by atoms with Gasteiger partial charge in [-0.3, -0.25) is 9.59 Å². The lowest BCUT2D eigenvalue weighted by Gasteiger charge is -2.47. The van der Waals surface area contributed by atoms with Gasteiger partial charge in [-0.2, -0.15) is 11.3 Å². The molecular formula is C18H25N3O3S. The molecule has 1 aliphatic carbocycles. The summed E-state index contributed by atoms with van der Waals surface area (Å²) in [7, 11) is 1.70. The van der Waals surface area contributed by atoms with E-state index in [2.05, 4.69) is 16.0 Å². The van der Waals surface area contributed by atoms with Gasteiger partial charge in [0.15, 0.2) is 0 Å². The molecule has 1 aromatic rings. The fourth-order valence-electron chi connectivity index (χ4n) is 5.03. The number of amides is 2. The first-order valence-corrected chi connectivity index (χ1v) is 9.88. The molecule has 0 unspecified atom stereocenters. The largest absolute Gasteiger partial charge is 0.365 e. The van der Waals surface area contributed by atoms with E-state index in [0.717, 1.165) is 31.5 Å². The summed E-state index contributed by atoms with van der Waals surface area (Å²) in [6, 6.07) is 1.97. The first kappa shape index (κ1) is 17.0. The molecule has 1 saturated carbocycles. The number of hydrogen-bond donors (Lipinski definition) is 3. The summed E-state index contributed by atoms with van der Waals surface area (Å²) >= 11 is 1.60.